The number of benzene rings is 3. The number of hydrogen-bond acceptors (Lipinski definition) is 5. The zero-order chi connectivity index (χ0) is 23.6. The monoisotopic (exact) mass is 521 g/mol. The highest BCUT2D eigenvalue weighted by Gasteiger charge is 2.55. The van der Waals surface area contributed by atoms with E-state index in [0.29, 0.717) is 5.75 Å². The molecule has 3 aromatic carbocycles. The molecule has 1 aliphatic rings. The van der Waals surface area contributed by atoms with Crippen LogP contribution < -0.4 is 4.74 Å². The van der Waals surface area contributed by atoms with Crippen molar-refractivity contribution in [1.82, 2.24) is 0 Å². The molecule has 0 bridgehead atoms. The second kappa shape index (κ2) is 9.58. The maximum absolute atomic E-state index is 13.0. The number of rotatable bonds is 6. The SMILES string of the molecule is COc1ccc([C@H]2[C@H](Sc3ccccc3)O/C(=N/S(=O)(=O)c3ccc(C)cc3)C2(Cl)Cl)cc1. The van der Waals surface area contributed by atoms with E-state index in [9.17, 15) is 8.42 Å². The summed E-state index contributed by atoms with van der Waals surface area (Å²) in [5.74, 6) is -0.167. The third kappa shape index (κ3) is 5.17. The fourth-order valence-electron chi connectivity index (χ4n) is 3.42. The van der Waals surface area contributed by atoms with Crippen molar-refractivity contribution in [3.05, 3.63) is 90.0 Å². The molecule has 0 amide bonds. The predicted molar refractivity (Wildman–Crippen MR) is 133 cm³/mol. The topological polar surface area (TPSA) is 65.0 Å². The van der Waals surface area contributed by atoms with Gasteiger partial charge in [0.05, 0.1) is 17.9 Å². The van der Waals surface area contributed by atoms with Gasteiger partial charge in [-0.05, 0) is 48.9 Å². The third-order valence-corrected chi connectivity index (χ3v) is 8.38. The number of thioether (sulfide) groups is 1. The molecule has 0 N–H and O–H groups in total. The zero-order valence-electron chi connectivity index (χ0n) is 17.8. The number of ether oxygens (including phenoxy) is 2. The summed E-state index contributed by atoms with van der Waals surface area (Å²) in [6, 6.07) is 23.2. The van der Waals surface area contributed by atoms with Gasteiger partial charge in [-0.2, -0.15) is 8.42 Å². The summed E-state index contributed by atoms with van der Waals surface area (Å²) in [5.41, 5.74) is 1.09. The molecule has 2 atom stereocenters. The Balaban J connectivity index is 1.75. The van der Waals surface area contributed by atoms with E-state index in [1.807, 2.05) is 49.4 Å². The molecule has 1 aliphatic heterocycles. The van der Waals surface area contributed by atoms with E-state index >= 15 is 0 Å². The molecule has 4 rings (SSSR count). The van der Waals surface area contributed by atoms with E-state index in [-0.39, 0.29) is 10.8 Å². The van der Waals surface area contributed by atoms with Crippen LogP contribution in [0.25, 0.3) is 0 Å². The Morgan fingerprint density at radius 1 is 0.970 bits per heavy atom. The highest BCUT2D eigenvalue weighted by Crippen LogP contribution is 2.53. The average molecular weight is 522 g/mol. The van der Waals surface area contributed by atoms with Gasteiger partial charge in [0.15, 0.2) is 5.44 Å². The Morgan fingerprint density at radius 3 is 2.21 bits per heavy atom. The number of halogens is 2. The van der Waals surface area contributed by atoms with Gasteiger partial charge in [-0.25, -0.2) is 0 Å². The molecule has 0 aliphatic carbocycles. The van der Waals surface area contributed by atoms with Gasteiger partial charge < -0.3 is 9.47 Å². The predicted octanol–water partition coefficient (Wildman–Crippen LogP) is 6.20. The average Bonchev–Trinajstić information content (AvgIpc) is 3.03. The van der Waals surface area contributed by atoms with Crippen LogP contribution in [0.4, 0.5) is 0 Å². The van der Waals surface area contributed by atoms with Gasteiger partial charge in [0.2, 0.25) is 10.2 Å². The van der Waals surface area contributed by atoms with Crippen LogP contribution in [0.3, 0.4) is 0 Å². The second-order valence-corrected chi connectivity index (χ2v) is 11.6. The molecule has 172 valence electrons. The molecule has 0 spiro atoms. The highest BCUT2D eigenvalue weighted by atomic mass is 35.5. The molecule has 0 saturated carbocycles. The molecular formula is C24H21Cl2NO4S2. The van der Waals surface area contributed by atoms with E-state index in [1.165, 1.54) is 23.9 Å². The fraction of sp³-hybridized carbons (Fsp3) is 0.208. The van der Waals surface area contributed by atoms with Crippen LogP contribution in [0.15, 0.2) is 93.1 Å². The first-order valence-electron chi connectivity index (χ1n) is 10.0. The summed E-state index contributed by atoms with van der Waals surface area (Å²) in [7, 11) is -2.50. The molecule has 1 saturated heterocycles. The van der Waals surface area contributed by atoms with Crippen LogP contribution in [0, 0.1) is 6.92 Å². The Kier molecular flexibility index (Phi) is 6.96. The van der Waals surface area contributed by atoms with Crippen molar-refractivity contribution < 1.29 is 17.9 Å². The van der Waals surface area contributed by atoms with Gasteiger partial charge in [0.25, 0.3) is 10.0 Å². The zero-order valence-corrected chi connectivity index (χ0v) is 21.0. The lowest BCUT2D eigenvalue weighted by Crippen LogP contribution is -2.28. The Labute approximate surface area is 207 Å². The van der Waals surface area contributed by atoms with E-state index < -0.39 is 25.7 Å². The van der Waals surface area contributed by atoms with E-state index in [2.05, 4.69) is 4.40 Å². The standard InChI is InChI=1S/C24H21Cl2NO4S2/c1-16-8-14-20(15-9-16)33(28,29)27-23-24(25,26)21(17-10-12-18(30-2)13-11-17)22(31-23)32-19-6-4-3-5-7-19/h3-15,21-22H,1-2H3/b27-23+/t21-,22-/m0/s1. The Morgan fingerprint density at radius 2 is 1.61 bits per heavy atom. The number of nitrogens with zero attached hydrogens (tertiary/aromatic N) is 1. The van der Waals surface area contributed by atoms with Gasteiger partial charge in [0.1, 0.15) is 5.75 Å². The van der Waals surface area contributed by atoms with Crippen molar-refractivity contribution in [3.8, 4) is 5.75 Å². The largest absolute Gasteiger partial charge is 0.497 e. The number of methoxy groups -OCH3 is 1. The minimum atomic E-state index is -4.08. The minimum absolute atomic E-state index is 0.0356. The maximum atomic E-state index is 13.0. The maximum Gasteiger partial charge on any atom is 0.285 e. The van der Waals surface area contributed by atoms with Crippen LogP contribution in [0.5, 0.6) is 5.75 Å². The molecular weight excluding hydrogens is 501 g/mol. The van der Waals surface area contributed by atoms with Crippen LogP contribution in [0.1, 0.15) is 17.0 Å². The molecule has 3 aromatic rings. The molecule has 0 radical (unpaired) electrons. The van der Waals surface area contributed by atoms with Crippen molar-refractivity contribution in [2.75, 3.05) is 7.11 Å². The molecule has 1 heterocycles. The number of alkyl halides is 2. The van der Waals surface area contributed by atoms with Gasteiger partial charge in [-0.15, -0.1) is 4.40 Å². The number of hydrogen-bond donors (Lipinski definition) is 0. The van der Waals surface area contributed by atoms with Gasteiger partial charge in [0, 0.05) is 4.90 Å². The summed E-state index contributed by atoms with van der Waals surface area (Å²) in [4.78, 5) is 0.960. The number of aryl methyl sites for hydroxylation is 1. The smallest absolute Gasteiger partial charge is 0.285 e. The van der Waals surface area contributed by atoms with Crippen molar-refractivity contribution in [1.29, 1.82) is 0 Å². The molecule has 0 aromatic heterocycles. The van der Waals surface area contributed by atoms with Crippen molar-refractivity contribution in [2.45, 2.75) is 32.4 Å². The lowest BCUT2D eigenvalue weighted by molar-refractivity contribution is 0.293. The lowest BCUT2D eigenvalue weighted by atomic mass is 9.97. The van der Waals surface area contributed by atoms with Gasteiger partial charge >= 0.3 is 0 Å². The molecule has 9 heteroatoms. The van der Waals surface area contributed by atoms with E-state index in [4.69, 9.17) is 32.7 Å². The van der Waals surface area contributed by atoms with Crippen LogP contribution >= 0.6 is 35.0 Å². The summed E-state index contributed by atoms with van der Waals surface area (Å²) >= 11 is 15.0. The summed E-state index contributed by atoms with van der Waals surface area (Å²) in [6.45, 7) is 1.87. The van der Waals surface area contributed by atoms with Crippen molar-refractivity contribution in [3.63, 3.8) is 0 Å². The minimum Gasteiger partial charge on any atom is -0.497 e. The van der Waals surface area contributed by atoms with Crippen molar-refractivity contribution >= 4 is 50.9 Å². The first-order chi connectivity index (χ1) is 15.7. The number of sulfonamides is 1. The lowest BCUT2D eigenvalue weighted by Gasteiger charge is -2.23. The molecule has 1 fully saturated rings. The Bertz CT molecular complexity index is 1250. The molecule has 33 heavy (non-hydrogen) atoms. The van der Waals surface area contributed by atoms with E-state index in [0.717, 1.165) is 16.0 Å². The normalized spacial score (nSPS) is 21.0. The first kappa shape index (κ1) is 24.0. The quantitative estimate of drug-likeness (QED) is 0.361. The first-order valence-corrected chi connectivity index (χ1v) is 13.1. The summed E-state index contributed by atoms with van der Waals surface area (Å²) in [6.07, 6.45) is 0. The fourth-order valence-corrected chi connectivity index (χ4v) is 6.53. The van der Waals surface area contributed by atoms with Crippen LogP contribution in [0.2, 0.25) is 0 Å². The molecule has 5 nitrogen and oxygen atoms in total. The summed E-state index contributed by atoms with van der Waals surface area (Å²) < 4.78 is 39.4. The van der Waals surface area contributed by atoms with Gasteiger partial charge in [-0.3, -0.25) is 0 Å². The van der Waals surface area contributed by atoms with E-state index in [1.54, 1.807) is 31.4 Å². The third-order valence-electron chi connectivity index (χ3n) is 5.17. The van der Waals surface area contributed by atoms with Crippen molar-refractivity contribution in [2.24, 2.45) is 4.40 Å². The van der Waals surface area contributed by atoms with Crippen LogP contribution in [-0.4, -0.2) is 31.2 Å². The summed E-state index contributed by atoms with van der Waals surface area (Å²) in [5, 5.41) is 0. The Hall–Kier alpha value is -2.19. The second-order valence-electron chi connectivity index (χ2n) is 7.48. The van der Waals surface area contributed by atoms with Gasteiger partial charge in [-0.1, -0.05) is 83.0 Å². The van der Waals surface area contributed by atoms with Crippen LogP contribution in [-0.2, 0) is 14.8 Å². The molecule has 0 unspecified atom stereocenters. The highest BCUT2D eigenvalue weighted by molar-refractivity contribution is 7.99.